The van der Waals surface area contributed by atoms with Gasteiger partial charge in [0.2, 0.25) is 0 Å². The molecular weight excluding hydrogens is 515 g/mol. The number of thiophene rings is 1. The van der Waals surface area contributed by atoms with E-state index in [4.69, 9.17) is 9.10 Å². The molecule has 2 heteroatoms. The lowest BCUT2D eigenvalue weighted by atomic mass is 9.60. The Kier molecular flexibility index (Phi) is 5.09. The van der Waals surface area contributed by atoms with Crippen molar-refractivity contribution in [3.8, 4) is 11.3 Å². The zero-order valence-corrected chi connectivity index (χ0v) is 27.2. The molecule has 2 heterocycles. The summed E-state index contributed by atoms with van der Waals surface area (Å²) in [5, 5.41) is 3.88. The van der Waals surface area contributed by atoms with Crippen molar-refractivity contribution in [3.63, 3.8) is 0 Å². The smallest absolute Gasteiger partial charge is 0.0880 e. The predicted octanol–water partition coefficient (Wildman–Crippen LogP) is 11.8. The fourth-order valence-corrected chi connectivity index (χ4v) is 8.45. The van der Waals surface area contributed by atoms with Crippen LogP contribution >= 0.6 is 11.3 Å². The number of pyridine rings is 1. The highest BCUT2D eigenvalue weighted by atomic mass is 32.1. The SMILES string of the molecule is [2H]C([2H])([2H])c1c(C([2H])([2H])C(C)(C)C)c2c(c3sc4c(-c5cc(C(C)(C)C)c6ccccc6c5)nccc4c13)C(C)(C)CCC2(C)C. The third kappa shape index (κ3) is 4.62. The molecule has 0 unspecified atom stereocenters. The summed E-state index contributed by atoms with van der Waals surface area (Å²) in [5.41, 5.74) is 4.04. The summed E-state index contributed by atoms with van der Waals surface area (Å²) in [6.45, 7) is 18.6. The molecular formula is C39H47NS. The molecule has 0 saturated carbocycles. The first-order valence-electron chi connectivity index (χ1n) is 17.5. The van der Waals surface area contributed by atoms with Crippen LogP contribution in [0.25, 0.3) is 42.2 Å². The molecule has 0 N–H and O–H groups in total. The Hall–Kier alpha value is -2.71. The lowest BCUT2D eigenvalue weighted by molar-refractivity contribution is 0.326. The van der Waals surface area contributed by atoms with Gasteiger partial charge in [-0.05, 0) is 105 Å². The Balaban J connectivity index is 1.86. The van der Waals surface area contributed by atoms with E-state index < -0.39 is 24.1 Å². The molecule has 0 saturated heterocycles. The largest absolute Gasteiger partial charge is 0.255 e. The molecule has 0 spiro atoms. The van der Waals surface area contributed by atoms with Gasteiger partial charge in [-0.25, -0.2) is 0 Å². The zero-order valence-electron chi connectivity index (χ0n) is 31.4. The maximum Gasteiger partial charge on any atom is 0.0880 e. The van der Waals surface area contributed by atoms with E-state index in [1.54, 1.807) is 17.5 Å². The van der Waals surface area contributed by atoms with Crippen LogP contribution in [-0.4, -0.2) is 4.98 Å². The number of benzene rings is 3. The first kappa shape index (κ1) is 22.8. The number of fused-ring (bicyclic) bond motifs is 6. The van der Waals surface area contributed by atoms with Crippen molar-refractivity contribution in [2.45, 2.75) is 112 Å². The van der Waals surface area contributed by atoms with Crippen LogP contribution in [0.2, 0.25) is 0 Å². The topological polar surface area (TPSA) is 12.9 Å². The van der Waals surface area contributed by atoms with Crippen LogP contribution in [0.3, 0.4) is 0 Å². The molecule has 3 aromatic carbocycles. The lowest BCUT2D eigenvalue weighted by Crippen LogP contribution is -2.36. The van der Waals surface area contributed by atoms with Crippen LogP contribution < -0.4 is 0 Å². The van der Waals surface area contributed by atoms with Gasteiger partial charge in [-0.1, -0.05) is 93.5 Å². The minimum absolute atomic E-state index is 0.0970. The second-order valence-corrected chi connectivity index (χ2v) is 16.5. The molecule has 0 bridgehead atoms. The van der Waals surface area contributed by atoms with Crippen molar-refractivity contribution in [1.82, 2.24) is 4.98 Å². The highest BCUT2D eigenvalue weighted by Gasteiger charge is 2.42. The first-order chi connectivity index (χ1) is 21.0. The van der Waals surface area contributed by atoms with Gasteiger partial charge in [-0.2, -0.15) is 0 Å². The van der Waals surface area contributed by atoms with Crippen molar-refractivity contribution in [1.29, 1.82) is 0 Å². The minimum atomic E-state index is -2.53. The summed E-state index contributed by atoms with van der Waals surface area (Å²) in [5.74, 6) is 0. The Labute approximate surface area is 258 Å². The van der Waals surface area contributed by atoms with Gasteiger partial charge in [-0.3, -0.25) is 4.98 Å². The lowest BCUT2D eigenvalue weighted by Gasteiger charge is -2.44. The van der Waals surface area contributed by atoms with Crippen molar-refractivity contribution >= 4 is 42.3 Å². The van der Waals surface area contributed by atoms with Gasteiger partial charge >= 0.3 is 0 Å². The van der Waals surface area contributed by atoms with Gasteiger partial charge in [0.05, 0.1) is 10.4 Å². The monoisotopic (exact) mass is 566 g/mol. The Bertz CT molecular complexity index is 2030. The molecule has 5 aromatic rings. The van der Waals surface area contributed by atoms with Gasteiger partial charge in [0.15, 0.2) is 0 Å². The fraction of sp³-hybridized carbons (Fsp3) is 0.462. The van der Waals surface area contributed by atoms with E-state index in [9.17, 15) is 2.74 Å². The van der Waals surface area contributed by atoms with E-state index in [-0.39, 0.29) is 16.4 Å². The average Bonchev–Trinajstić information content (AvgIpc) is 3.31. The maximum atomic E-state index is 9.67. The minimum Gasteiger partial charge on any atom is -0.255 e. The van der Waals surface area contributed by atoms with Crippen molar-refractivity contribution in [2.24, 2.45) is 5.41 Å². The maximum absolute atomic E-state index is 9.67. The van der Waals surface area contributed by atoms with Crippen LogP contribution in [0, 0.1) is 12.3 Å². The number of aryl methyl sites for hydroxylation is 1. The third-order valence-corrected chi connectivity index (χ3v) is 10.2. The van der Waals surface area contributed by atoms with Crippen LogP contribution in [-0.2, 0) is 22.6 Å². The molecule has 0 aliphatic heterocycles. The summed E-state index contributed by atoms with van der Waals surface area (Å²) in [4.78, 5) is 4.98. The molecule has 0 amide bonds. The molecule has 214 valence electrons. The zero-order chi connectivity index (χ0) is 34.0. The van der Waals surface area contributed by atoms with Gasteiger partial charge < -0.3 is 0 Å². The molecule has 1 aliphatic carbocycles. The molecule has 41 heavy (non-hydrogen) atoms. The summed E-state index contributed by atoms with van der Waals surface area (Å²) < 4.78 is 48.3. The van der Waals surface area contributed by atoms with Crippen molar-refractivity contribution in [2.75, 3.05) is 0 Å². The number of aromatic nitrogens is 1. The number of hydrogen-bond acceptors (Lipinski definition) is 2. The molecule has 0 radical (unpaired) electrons. The molecule has 1 aliphatic rings. The van der Waals surface area contributed by atoms with Gasteiger partial charge in [0.25, 0.3) is 0 Å². The highest BCUT2D eigenvalue weighted by molar-refractivity contribution is 7.26. The summed E-state index contributed by atoms with van der Waals surface area (Å²) in [6, 6.07) is 14.9. The van der Waals surface area contributed by atoms with Crippen molar-refractivity contribution in [3.05, 3.63) is 76.5 Å². The van der Waals surface area contributed by atoms with Crippen molar-refractivity contribution < 1.29 is 6.85 Å². The van der Waals surface area contributed by atoms with E-state index in [1.165, 1.54) is 10.9 Å². The quantitative estimate of drug-likeness (QED) is 0.207. The van der Waals surface area contributed by atoms with E-state index >= 15 is 0 Å². The molecule has 1 nitrogen and oxygen atoms in total. The standard InChI is InChI=1S/C39H47NS/c1-23-28(22-36(2,3)4)31-32(39(10,11)18-17-38(31,8)9)35-30(23)27-16-19-40-33(34(27)41-35)25-20-24-14-12-13-15-26(24)29(21-25)37(5,6)7/h12-16,19-21H,17-18,22H2,1-11H3/i1D3,22D2. The number of hydrogen-bond donors (Lipinski definition) is 0. The number of nitrogens with zero attached hydrogens (tertiary/aromatic N) is 1. The Morgan fingerprint density at radius 1 is 0.878 bits per heavy atom. The summed E-state index contributed by atoms with van der Waals surface area (Å²) in [7, 11) is 0. The van der Waals surface area contributed by atoms with Gasteiger partial charge in [-0.15, -0.1) is 11.3 Å². The van der Waals surface area contributed by atoms with E-state index in [1.807, 2.05) is 26.8 Å². The second-order valence-electron chi connectivity index (χ2n) is 15.5. The fourth-order valence-electron chi connectivity index (χ4n) is 6.91. The van der Waals surface area contributed by atoms with E-state index in [2.05, 4.69) is 84.9 Å². The Morgan fingerprint density at radius 3 is 2.22 bits per heavy atom. The second kappa shape index (κ2) is 9.14. The van der Waals surface area contributed by atoms with Crippen LogP contribution in [0.15, 0.2) is 48.7 Å². The highest BCUT2D eigenvalue weighted by Crippen LogP contribution is 2.55. The summed E-state index contributed by atoms with van der Waals surface area (Å²) >= 11 is 1.64. The molecule has 0 fully saturated rings. The van der Waals surface area contributed by atoms with Gasteiger partial charge in [0.1, 0.15) is 0 Å². The molecule has 0 atom stereocenters. The van der Waals surface area contributed by atoms with Crippen LogP contribution in [0.1, 0.15) is 117 Å². The predicted molar refractivity (Wildman–Crippen MR) is 182 cm³/mol. The van der Waals surface area contributed by atoms with E-state index in [0.29, 0.717) is 10.9 Å². The van der Waals surface area contributed by atoms with Crippen LogP contribution in [0.4, 0.5) is 0 Å². The number of rotatable bonds is 2. The normalized spacial score (nSPS) is 19.4. The summed E-state index contributed by atoms with van der Waals surface area (Å²) in [6.07, 6.45) is 1.69. The van der Waals surface area contributed by atoms with Crippen LogP contribution in [0.5, 0.6) is 0 Å². The van der Waals surface area contributed by atoms with Gasteiger partial charge in [0, 0.05) is 34.1 Å². The molecule has 2 aromatic heterocycles. The Morgan fingerprint density at radius 2 is 1.56 bits per heavy atom. The average molecular weight is 567 g/mol. The molecule has 6 rings (SSSR count). The van der Waals surface area contributed by atoms with E-state index in [0.717, 1.165) is 55.4 Å². The third-order valence-electron chi connectivity index (χ3n) is 9.00. The first-order valence-corrected chi connectivity index (χ1v) is 15.8.